The van der Waals surface area contributed by atoms with Crippen LogP contribution < -0.4 is 5.32 Å². The normalized spacial score (nSPS) is 17.1. The van der Waals surface area contributed by atoms with E-state index < -0.39 is 0 Å². The van der Waals surface area contributed by atoms with Gasteiger partial charge in [0.05, 0.1) is 18.9 Å². The number of benzene rings is 1. The molecule has 1 heterocycles. The highest BCUT2D eigenvalue weighted by atomic mass is 79.9. The molecule has 0 radical (unpaired) electrons. The van der Waals surface area contributed by atoms with Gasteiger partial charge < -0.3 is 10.1 Å². The first-order valence-corrected chi connectivity index (χ1v) is 6.54. The molecule has 0 aromatic heterocycles. The maximum atomic E-state index is 13.4. The first-order valence-electron chi connectivity index (χ1n) is 5.75. The number of halogens is 2. The summed E-state index contributed by atoms with van der Waals surface area (Å²) in [5, 5.41) is 3.11. The zero-order valence-corrected chi connectivity index (χ0v) is 11.2. The standard InChI is InChI=1S/C12H16BrFN2O/c13-10-1-2-11(14)12(9-10)15-3-4-16-5-7-17-8-6-16/h1-2,9,15H,3-8H2. The predicted octanol–water partition coefficient (Wildman–Crippen LogP) is 2.33. The Bertz CT molecular complexity index is 370. The molecule has 0 amide bonds. The molecule has 0 atom stereocenters. The molecular weight excluding hydrogens is 287 g/mol. The zero-order valence-electron chi connectivity index (χ0n) is 9.59. The van der Waals surface area contributed by atoms with E-state index in [2.05, 4.69) is 26.1 Å². The lowest BCUT2D eigenvalue weighted by Crippen LogP contribution is -2.39. The second-order valence-corrected chi connectivity index (χ2v) is 4.92. The molecule has 17 heavy (non-hydrogen) atoms. The average molecular weight is 303 g/mol. The van der Waals surface area contributed by atoms with Crippen LogP contribution in [0, 0.1) is 5.82 Å². The van der Waals surface area contributed by atoms with Crippen molar-refractivity contribution in [2.45, 2.75) is 0 Å². The van der Waals surface area contributed by atoms with Crippen LogP contribution in [-0.4, -0.2) is 44.3 Å². The quantitative estimate of drug-likeness (QED) is 0.924. The van der Waals surface area contributed by atoms with Crippen molar-refractivity contribution in [3.05, 3.63) is 28.5 Å². The molecule has 1 N–H and O–H groups in total. The van der Waals surface area contributed by atoms with Gasteiger partial charge in [-0.1, -0.05) is 15.9 Å². The summed E-state index contributed by atoms with van der Waals surface area (Å²) < 4.78 is 19.6. The highest BCUT2D eigenvalue weighted by Gasteiger charge is 2.09. The lowest BCUT2D eigenvalue weighted by atomic mass is 10.3. The summed E-state index contributed by atoms with van der Waals surface area (Å²) in [6.07, 6.45) is 0. The van der Waals surface area contributed by atoms with Crippen molar-refractivity contribution in [3.8, 4) is 0 Å². The number of nitrogens with one attached hydrogen (secondary N) is 1. The Hall–Kier alpha value is -0.650. The van der Waals surface area contributed by atoms with Crippen molar-refractivity contribution >= 4 is 21.6 Å². The summed E-state index contributed by atoms with van der Waals surface area (Å²) in [6.45, 7) is 5.17. The second-order valence-electron chi connectivity index (χ2n) is 4.00. The summed E-state index contributed by atoms with van der Waals surface area (Å²) in [5.41, 5.74) is 0.549. The first kappa shape index (κ1) is 12.8. The van der Waals surface area contributed by atoms with Crippen molar-refractivity contribution in [2.24, 2.45) is 0 Å². The van der Waals surface area contributed by atoms with E-state index in [4.69, 9.17) is 4.74 Å². The Kier molecular flexibility index (Phi) is 4.76. The van der Waals surface area contributed by atoms with Gasteiger partial charge in [-0.25, -0.2) is 4.39 Å². The number of anilines is 1. The van der Waals surface area contributed by atoms with Crippen molar-refractivity contribution in [1.82, 2.24) is 4.90 Å². The molecule has 0 aliphatic carbocycles. The van der Waals surface area contributed by atoms with E-state index in [9.17, 15) is 4.39 Å². The maximum Gasteiger partial charge on any atom is 0.146 e. The minimum atomic E-state index is -0.213. The highest BCUT2D eigenvalue weighted by Crippen LogP contribution is 2.19. The van der Waals surface area contributed by atoms with Gasteiger partial charge in [0.25, 0.3) is 0 Å². The van der Waals surface area contributed by atoms with E-state index in [1.165, 1.54) is 6.07 Å². The van der Waals surface area contributed by atoms with Crippen LogP contribution in [-0.2, 0) is 4.74 Å². The molecule has 1 aliphatic rings. The molecule has 94 valence electrons. The van der Waals surface area contributed by atoms with Crippen LogP contribution in [0.15, 0.2) is 22.7 Å². The molecule has 2 rings (SSSR count). The molecule has 0 unspecified atom stereocenters. The number of ether oxygens (including phenoxy) is 1. The first-order chi connectivity index (χ1) is 8.25. The van der Waals surface area contributed by atoms with Crippen LogP contribution in [0.2, 0.25) is 0 Å². The minimum absolute atomic E-state index is 0.213. The average Bonchev–Trinajstić information content (AvgIpc) is 2.35. The van der Waals surface area contributed by atoms with Crippen molar-refractivity contribution in [3.63, 3.8) is 0 Å². The Morgan fingerprint density at radius 3 is 2.88 bits per heavy atom. The number of hydrogen-bond acceptors (Lipinski definition) is 3. The fourth-order valence-corrected chi connectivity index (χ4v) is 2.17. The summed E-state index contributed by atoms with van der Waals surface area (Å²) >= 11 is 3.33. The molecule has 0 bridgehead atoms. The topological polar surface area (TPSA) is 24.5 Å². The smallest absolute Gasteiger partial charge is 0.146 e. The summed E-state index contributed by atoms with van der Waals surface area (Å²) in [6, 6.07) is 4.91. The van der Waals surface area contributed by atoms with Crippen LogP contribution in [0.5, 0.6) is 0 Å². The Morgan fingerprint density at radius 2 is 2.12 bits per heavy atom. The molecule has 1 saturated heterocycles. The third-order valence-corrected chi connectivity index (χ3v) is 3.27. The van der Waals surface area contributed by atoms with Gasteiger partial charge in [-0.05, 0) is 18.2 Å². The number of hydrogen-bond donors (Lipinski definition) is 1. The molecule has 1 aliphatic heterocycles. The third-order valence-electron chi connectivity index (χ3n) is 2.78. The summed E-state index contributed by atoms with van der Waals surface area (Å²) in [5.74, 6) is -0.213. The second kappa shape index (κ2) is 6.33. The Labute approximate surface area is 109 Å². The van der Waals surface area contributed by atoms with Crippen molar-refractivity contribution < 1.29 is 9.13 Å². The van der Waals surface area contributed by atoms with Gasteiger partial charge in [0, 0.05) is 30.7 Å². The number of morpholine rings is 1. The van der Waals surface area contributed by atoms with Crippen LogP contribution in [0.4, 0.5) is 10.1 Å². The maximum absolute atomic E-state index is 13.4. The van der Waals surface area contributed by atoms with Gasteiger partial charge >= 0.3 is 0 Å². The van der Waals surface area contributed by atoms with Crippen LogP contribution in [0.25, 0.3) is 0 Å². The van der Waals surface area contributed by atoms with E-state index >= 15 is 0 Å². The van der Waals surface area contributed by atoms with E-state index in [-0.39, 0.29) is 5.82 Å². The fourth-order valence-electron chi connectivity index (χ4n) is 1.81. The fraction of sp³-hybridized carbons (Fsp3) is 0.500. The molecular formula is C12H16BrFN2O. The van der Waals surface area contributed by atoms with Crippen molar-refractivity contribution in [2.75, 3.05) is 44.7 Å². The molecule has 0 spiro atoms. The van der Waals surface area contributed by atoms with Gasteiger partial charge in [-0.2, -0.15) is 0 Å². The number of nitrogens with zero attached hydrogens (tertiary/aromatic N) is 1. The molecule has 1 fully saturated rings. The van der Waals surface area contributed by atoms with Crippen LogP contribution in [0.1, 0.15) is 0 Å². The van der Waals surface area contributed by atoms with E-state index in [0.29, 0.717) is 5.69 Å². The van der Waals surface area contributed by atoms with Gasteiger partial charge in [0.2, 0.25) is 0 Å². The van der Waals surface area contributed by atoms with Gasteiger partial charge in [0.15, 0.2) is 0 Å². The monoisotopic (exact) mass is 302 g/mol. The Balaban J connectivity index is 1.79. The Morgan fingerprint density at radius 1 is 1.35 bits per heavy atom. The summed E-state index contributed by atoms with van der Waals surface area (Å²) in [7, 11) is 0. The molecule has 1 aromatic rings. The van der Waals surface area contributed by atoms with Gasteiger partial charge in [-0.15, -0.1) is 0 Å². The predicted molar refractivity (Wildman–Crippen MR) is 69.8 cm³/mol. The SMILES string of the molecule is Fc1ccc(Br)cc1NCCN1CCOCC1. The van der Waals surface area contributed by atoms with Crippen LogP contribution in [0.3, 0.4) is 0 Å². The van der Waals surface area contributed by atoms with Gasteiger partial charge in [0.1, 0.15) is 5.82 Å². The molecule has 1 aromatic carbocycles. The highest BCUT2D eigenvalue weighted by molar-refractivity contribution is 9.10. The van der Waals surface area contributed by atoms with Gasteiger partial charge in [-0.3, -0.25) is 4.90 Å². The largest absolute Gasteiger partial charge is 0.381 e. The molecule has 5 heteroatoms. The molecule has 3 nitrogen and oxygen atoms in total. The van der Waals surface area contributed by atoms with E-state index in [0.717, 1.165) is 43.9 Å². The summed E-state index contributed by atoms with van der Waals surface area (Å²) in [4.78, 5) is 2.31. The lowest BCUT2D eigenvalue weighted by Gasteiger charge is -2.26. The van der Waals surface area contributed by atoms with Crippen molar-refractivity contribution in [1.29, 1.82) is 0 Å². The molecule has 0 saturated carbocycles. The third kappa shape index (κ3) is 3.94. The number of rotatable bonds is 4. The minimum Gasteiger partial charge on any atom is -0.381 e. The van der Waals surface area contributed by atoms with E-state index in [1.54, 1.807) is 12.1 Å². The zero-order chi connectivity index (χ0) is 12.1. The van der Waals surface area contributed by atoms with Crippen LogP contribution >= 0.6 is 15.9 Å². The van der Waals surface area contributed by atoms with E-state index in [1.807, 2.05) is 0 Å². The lowest BCUT2D eigenvalue weighted by molar-refractivity contribution is 0.0398.